The van der Waals surface area contributed by atoms with Crippen LogP contribution in [0.25, 0.3) is 5.69 Å². The predicted octanol–water partition coefficient (Wildman–Crippen LogP) is 3.72. The van der Waals surface area contributed by atoms with Gasteiger partial charge >= 0.3 is 0 Å². The molecule has 2 atom stereocenters. The van der Waals surface area contributed by atoms with Crippen molar-refractivity contribution >= 4 is 5.91 Å². The molecule has 2 heterocycles. The number of nitrogens with one attached hydrogen (secondary N) is 1. The van der Waals surface area contributed by atoms with Gasteiger partial charge in [-0.25, -0.2) is 4.68 Å². The van der Waals surface area contributed by atoms with Gasteiger partial charge in [-0.15, -0.1) is 0 Å². The number of aryl methyl sites for hydroxylation is 1. The minimum atomic E-state index is -0.166. The highest BCUT2D eigenvalue weighted by Crippen LogP contribution is 2.17. The molecule has 0 radical (unpaired) electrons. The van der Waals surface area contributed by atoms with Crippen LogP contribution in [0.5, 0.6) is 0 Å². The van der Waals surface area contributed by atoms with Gasteiger partial charge in [-0.2, -0.15) is 5.10 Å². The molecule has 162 valence electrons. The second-order valence-corrected chi connectivity index (χ2v) is 8.32. The van der Waals surface area contributed by atoms with Crippen molar-refractivity contribution in [3.63, 3.8) is 0 Å². The topological polar surface area (TPSA) is 59.4 Å². The Kier molecular flexibility index (Phi) is 6.49. The third kappa shape index (κ3) is 5.21. The van der Waals surface area contributed by atoms with Crippen LogP contribution in [0.2, 0.25) is 0 Å². The summed E-state index contributed by atoms with van der Waals surface area (Å²) in [4.78, 5) is 15.2. The van der Waals surface area contributed by atoms with E-state index in [2.05, 4.69) is 47.4 Å². The maximum Gasteiger partial charge on any atom is 0.272 e. The monoisotopic (exact) mass is 418 g/mol. The lowest BCUT2D eigenvalue weighted by atomic mass is 10.1. The zero-order valence-corrected chi connectivity index (χ0v) is 18.4. The Labute approximate surface area is 183 Å². The molecule has 1 amide bonds. The lowest BCUT2D eigenvalue weighted by Gasteiger charge is -2.35. The van der Waals surface area contributed by atoms with Crippen LogP contribution in [0.1, 0.15) is 41.2 Å². The van der Waals surface area contributed by atoms with Gasteiger partial charge in [0.05, 0.1) is 17.9 Å². The van der Waals surface area contributed by atoms with Crippen molar-refractivity contribution in [3.05, 3.63) is 83.2 Å². The van der Waals surface area contributed by atoms with Gasteiger partial charge in [0, 0.05) is 31.9 Å². The number of aromatic nitrogens is 2. The van der Waals surface area contributed by atoms with Crippen LogP contribution in [0, 0.1) is 6.92 Å². The number of hydrogen-bond donors (Lipinski definition) is 1. The van der Waals surface area contributed by atoms with Crippen molar-refractivity contribution in [2.45, 2.75) is 46.1 Å². The maximum atomic E-state index is 12.8. The normalized spacial score (nSPS) is 19.3. The molecule has 0 bridgehead atoms. The Balaban J connectivity index is 1.42. The van der Waals surface area contributed by atoms with Gasteiger partial charge in [0.2, 0.25) is 0 Å². The summed E-state index contributed by atoms with van der Waals surface area (Å²) in [6, 6.07) is 20.0. The molecule has 1 saturated heterocycles. The van der Waals surface area contributed by atoms with Crippen molar-refractivity contribution < 1.29 is 9.53 Å². The van der Waals surface area contributed by atoms with E-state index in [1.807, 2.05) is 49.4 Å². The molecule has 2 aromatic carbocycles. The zero-order chi connectivity index (χ0) is 21.8. The van der Waals surface area contributed by atoms with E-state index in [1.165, 1.54) is 5.56 Å². The summed E-state index contributed by atoms with van der Waals surface area (Å²) in [5.74, 6) is -0.166. The first-order valence-corrected chi connectivity index (χ1v) is 10.8. The molecule has 4 rings (SSSR count). The number of carbonyl (C=O) groups is 1. The number of amides is 1. The average molecular weight is 419 g/mol. The van der Waals surface area contributed by atoms with E-state index in [-0.39, 0.29) is 18.1 Å². The van der Waals surface area contributed by atoms with Crippen LogP contribution >= 0.6 is 0 Å². The first-order valence-electron chi connectivity index (χ1n) is 10.8. The number of benzene rings is 2. The van der Waals surface area contributed by atoms with Crippen molar-refractivity contribution in [2.24, 2.45) is 0 Å². The summed E-state index contributed by atoms with van der Waals surface area (Å²) in [7, 11) is 0. The van der Waals surface area contributed by atoms with Gasteiger partial charge < -0.3 is 10.1 Å². The Morgan fingerprint density at radius 1 is 1.03 bits per heavy atom. The highest BCUT2D eigenvalue weighted by molar-refractivity contribution is 5.92. The summed E-state index contributed by atoms with van der Waals surface area (Å²) < 4.78 is 7.64. The standard InChI is InChI=1S/C25H30N4O2/c1-18-13-24(27-29(18)23-11-5-4-6-12-23)25(30)26-14-21-9-7-8-10-22(21)17-28-15-19(2)31-20(3)16-28/h4-13,19-20H,14-17H2,1-3H3,(H,26,30). The van der Waals surface area contributed by atoms with Crippen molar-refractivity contribution in [3.8, 4) is 5.69 Å². The van der Waals surface area contributed by atoms with E-state index in [1.54, 1.807) is 4.68 Å². The number of para-hydroxylation sites is 1. The fourth-order valence-electron chi connectivity index (χ4n) is 4.22. The molecule has 2 unspecified atom stereocenters. The van der Waals surface area contributed by atoms with Crippen LogP contribution in [0.4, 0.5) is 0 Å². The van der Waals surface area contributed by atoms with E-state index in [0.29, 0.717) is 12.2 Å². The molecule has 3 aromatic rings. The van der Waals surface area contributed by atoms with E-state index < -0.39 is 0 Å². The first kappa shape index (κ1) is 21.3. The van der Waals surface area contributed by atoms with Gasteiger partial charge in [0.1, 0.15) is 0 Å². The first-order chi connectivity index (χ1) is 15.0. The second kappa shape index (κ2) is 9.45. The van der Waals surface area contributed by atoms with Crippen molar-refractivity contribution in [1.82, 2.24) is 20.0 Å². The lowest BCUT2D eigenvalue weighted by Crippen LogP contribution is -2.45. The molecule has 1 aromatic heterocycles. The number of ether oxygens (including phenoxy) is 1. The lowest BCUT2D eigenvalue weighted by molar-refractivity contribution is -0.0705. The van der Waals surface area contributed by atoms with Crippen LogP contribution in [0.3, 0.4) is 0 Å². The number of carbonyl (C=O) groups excluding carboxylic acids is 1. The quantitative estimate of drug-likeness (QED) is 0.663. The van der Waals surface area contributed by atoms with E-state index >= 15 is 0 Å². The second-order valence-electron chi connectivity index (χ2n) is 8.32. The third-order valence-electron chi connectivity index (χ3n) is 5.57. The summed E-state index contributed by atoms with van der Waals surface area (Å²) in [6.07, 6.45) is 0.470. The molecule has 1 N–H and O–H groups in total. The molecule has 1 aliphatic heterocycles. The molecular formula is C25H30N4O2. The molecule has 0 aliphatic carbocycles. The minimum Gasteiger partial charge on any atom is -0.373 e. The molecule has 6 nitrogen and oxygen atoms in total. The molecular weight excluding hydrogens is 388 g/mol. The SMILES string of the molecule is Cc1cc(C(=O)NCc2ccccc2CN2CC(C)OC(C)C2)nn1-c1ccccc1. The van der Waals surface area contributed by atoms with Gasteiger partial charge in [-0.1, -0.05) is 42.5 Å². The van der Waals surface area contributed by atoms with Gasteiger partial charge in [0.25, 0.3) is 5.91 Å². The number of morpholine rings is 1. The van der Waals surface area contributed by atoms with Gasteiger partial charge in [0.15, 0.2) is 5.69 Å². The minimum absolute atomic E-state index is 0.166. The zero-order valence-electron chi connectivity index (χ0n) is 18.4. The highest BCUT2D eigenvalue weighted by atomic mass is 16.5. The Hall–Kier alpha value is -2.96. The van der Waals surface area contributed by atoms with E-state index in [4.69, 9.17) is 4.74 Å². The molecule has 1 aliphatic rings. The van der Waals surface area contributed by atoms with Crippen LogP contribution < -0.4 is 5.32 Å². The summed E-state index contributed by atoms with van der Waals surface area (Å²) in [5, 5.41) is 7.55. The Morgan fingerprint density at radius 2 is 1.68 bits per heavy atom. The van der Waals surface area contributed by atoms with Gasteiger partial charge in [-0.3, -0.25) is 9.69 Å². The molecule has 6 heteroatoms. The molecule has 1 fully saturated rings. The molecule has 0 saturated carbocycles. The fourth-order valence-corrected chi connectivity index (χ4v) is 4.22. The van der Waals surface area contributed by atoms with Gasteiger partial charge in [-0.05, 0) is 50.1 Å². The number of nitrogens with zero attached hydrogens (tertiary/aromatic N) is 3. The van der Waals surface area contributed by atoms with Crippen molar-refractivity contribution in [2.75, 3.05) is 13.1 Å². The Morgan fingerprint density at radius 3 is 2.39 bits per heavy atom. The third-order valence-corrected chi connectivity index (χ3v) is 5.57. The molecule has 0 spiro atoms. The Bertz CT molecular complexity index is 1020. The predicted molar refractivity (Wildman–Crippen MR) is 121 cm³/mol. The van der Waals surface area contributed by atoms with Crippen molar-refractivity contribution in [1.29, 1.82) is 0 Å². The average Bonchev–Trinajstić information content (AvgIpc) is 3.14. The van der Waals surface area contributed by atoms with Crippen LogP contribution in [0.15, 0.2) is 60.7 Å². The van der Waals surface area contributed by atoms with Crippen LogP contribution in [-0.2, 0) is 17.8 Å². The number of rotatable bonds is 6. The largest absolute Gasteiger partial charge is 0.373 e. The summed E-state index contributed by atoms with van der Waals surface area (Å²) >= 11 is 0. The molecule has 31 heavy (non-hydrogen) atoms. The summed E-state index contributed by atoms with van der Waals surface area (Å²) in [6.45, 7) is 9.35. The number of hydrogen-bond acceptors (Lipinski definition) is 4. The maximum absolute atomic E-state index is 12.8. The highest BCUT2D eigenvalue weighted by Gasteiger charge is 2.22. The fraction of sp³-hybridized carbons (Fsp3) is 0.360. The van der Waals surface area contributed by atoms with E-state index in [9.17, 15) is 4.79 Å². The smallest absolute Gasteiger partial charge is 0.272 e. The van der Waals surface area contributed by atoms with Crippen LogP contribution in [-0.4, -0.2) is 45.9 Å². The van der Waals surface area contributed by atoms with E-state index in [0.717, 1.165) is 36.6 Å². The summed E-state index contributed by atoms with van der Waals surface area (Å²) in [5.41, 5.74) is 4.65.